The Morgan fingerprint density at radius 1 is 1.03 bits per heavy atom. The number of likely N-dealkylation sites (tertiary alicyclic amines) is 1. The number of carbonyl (C=O) groups is 2. The van der Waals surface area contributed by atoms with Gasteiger partial charge in [-0.15, -0.1) is 0 Å². The number of Topliss-reactive ketones (excluding diaryl/α,β-unsaturated/α-hetero) is 1. The molecular formula is C24H26FNO3. The van der Waals surface area contributed by atoms with Gasteiger partial charge in [0.05, 0.1) is 11.6 Å². The molecule has 1 N–H and O–H groups in total. The normalized spacial score (nSPS) is 18.4. The van der Waals surface area contributed by atoms with E-state index < -0.39 is 23.5 Å². The molecule has 1 atom stereocenters. The minimum atomic E-state index is -0.932. The zero-order chi connectivity index (χ0) is 21.0. The van der Waals surface area contributed by atoms with Crippen LogP contribution in [0.1, 0.15) is 55.8 Å². The smallest absolute Gasteiger partial charge is 0.295 e. The Morgan fingerprint density at radius 3 is 2.34 bits per heavy atom. The Morgan fingerprint density at radius 2 is 1.72 bits per heavy atom. The van der Waals surface area contributed by atoms with Crippen LogP contribution in [0.2, 0.25) is 0 Å². The molecule has 1 aliphatic rings. The lowest BCUT2D eigenvalue weighted by atomic mass is 9.94. The molecule has 1 fully saturated rings. The van der Waals surface area contributed by atoms with Gasteiger partial charge in [0.2, 0.25) is 0 Å². The molecule has 0 aliphatic carbocycles. The van der Waals surface area contributed by atoms with Gasteiger partial charge in [-0.3, -0.25) is 9.59 Å². The first-order chi connectivity index (χ1) is 14.0. The second-order valence-electron chi connectivity index (χ2n) is 7.27. The molecule has 1 unspecified atom stereocenters. The van der Waals surface area contributed by atoms with Gasteiger partial charge in [-0.1, -0.05) is 69.2 Å². The van der Waals surface area contributed by atoms with Crippen molar-refractivity contribution < 1.29 is 19.1 Å². The number of ketones is 1. The monoisotopic (exact) mass is 395 g/mol. The maximum atomic E-state index is 14.6. The number of nitrogens with zero attached hydrogens (tertiary/aromatic N) is 1. The third kappa shape index (κ3) is 4.09. The average Bonchev–Trinajstić information content (AvgIpc) is 2.98. The van der Waals surface area contributed by atoms with Gasteiger partial charge in [0.25, 0.3) is 11.7 Å². The molecule has 0 saturated carbocycles. The number of aliphatic hydroxyl groups excluding tert-OH is 1. The number of rotatable bonds is 7. The number of amides is 1. The molecule has 0 bridgehead atoms. The summed E-state index contributed by atoms with van der Waals surface area (Å²) < 4.78 is 14.6. The predicted octanol–water partition coefficient (Wildman–Crippen LogP) is 5.00. The first-order valence-corrected chi connectivity index (χ1v) is 10.1. The number of halogens is 1. The Balaban J connectivity index is 2.12. The summed E-state index contributed by atoms with van der Waals surface area (Å²) in [6, 6.07) is 12.3. The van der Waals surface area contributed by atoms with E-state index in [9.17, 15) is 19.1 Å². The fourth-order valence-corrected chi connectivity index (χ4v) is 3.72. The number of aryl methyl sites for hydroxylation is 1. The van der Waals surface area contributed by atoms with Gasteiger partial charge < -0.3 is 10.0 Å². The van der Waals surface area contributed by atoms with E-state index in [0.717, 1.165) is 24.8 Å². The highest BCUT2D eigenvalue weighted by Gasteiger charge is 2.46. The van der Waals surface area contributed by atoms with Crippen molar-refractivity contribution in [1.82, 2.24) is 4.90 Å². The van der Waals surface area contributed by atoms with E-state index in [1.807, 2.05) is 26.0 Å². The molecule has 5 heteroatoms. The summed E-state index contributed by atoms with van der Waals surface area (Å²) >= 11 is 0. The molecule has 0 radical (unpaired) electrons. The molecule has 29 heavy (non-hydrogen) atoms. The van der Waals surface area contributed by atoms with Crippen LogP contribution in [-0.4, -0.2) is 28.2 Å². The predicted molar refractivity (Wildman–Crippen MR) is 111 cm³/mol. The number of unbranched alkanes of at least 4 members (excludes halogenated alkanes) is 2. The molecule has 1 heterocycles. The lowest BCUT2D eigenvalue weighted by Crippen LogP contribution is -2.31. The van der Waals surface area contributed by atoms with Crippen molar-refractivity contribution in [1.29, 1.82) is 0 Å². The van der Waals surface area contributed by atoms with E-state index >= 15 is 0 Å². The minimum absolute atomic E-state index is 0.0548. The quantitative estimate of drug-likeness (QED) is 0.311. The van der Waals surface area contributed by atoms with Crippen molar-refractivity contribution in [3.8, 4) is 0 Å². The van der Waals surface area contributed by atoms with E-state index in [2.05, 4.69) is 0 Å². The first-order valence-electron chi connectivity index (χ1n) is 10.1. The second kappa shape index (κ2) is 9.03. The van der Waals surface area contributed by atoms with E-state index in [-0.39, 0.29) is 16.9 Å². The SMILES string of the molecule is CCCCCN1C(=O)C(=O)/C(=C(\O)c2ccc(CC)cc2)C1c1ccccc1F. The van der Waals surface area contributed by atoms with Crippen LogP contribution in [-0.2, 0) is 16.0 Å². The summed E-state index contributed by atoms with van der Waals surface area (Å²) in [5, 5.41) is 10.9. The molecule has 1 saturated heterocycles. The Kier molecular flexibility index (Phi) is 6.47. The number of hydrogen-bond donors (Lipinski definition) is 1. The average molecular weight is 395 g/mol. The highest BCUT2D eigenvalue weighted by atomic mass is 19.1. The van der Waals surface area contributed by atoms with Crippen LogP contribution >= 0.6 is 0 Å². The minimum Gasteiger partial charge on any atom is -0.507 e. The summed E-state index contributed by atoms with van der Waals surface area (Å²) in [5.41, 5.74) is 1.69. The summed E-state index contributed by atoms with van der Waals surface area (Å²) in [7, 11) is 0. The fourth-order valence-electron chi connectivity index (χ4n) is 3.72. The van der Waals surface area contributed by atoms with Crippen molar-refractivity contribution in [3.05, 3.63) is 76.6 Å². The van der Waals surface area contributed by atoms with Crippen LogP contribution in [0.3, 0.4) is 0 Å². The fraction of sp³-hybridized carbons (Fsp3) is 0.333. The van der Waals surface area contributed by atoms with Crippen LogP contribution in [0.15, 0.2) is 54.1 Å². The highest BCUT2D eigenvalue weighted by Crippen LogP contribution is 2.40. The van der Waals surface area contributed by atoms with Crippen molar-refractivity contribution in [2.75, 3.05) is 6.54 Å². The Hall–Kier alpha value is -2.95. The highest BCUT2D eigenvalue weighted by molar-refractivity contribution is 6.46. The van der Waals surface area contributed by atoms with Crippen molar-refractivity contribution in [3.63, 3.8) is 0 Å². The zero-order valence-corrected chi connectivity index (χ0v) is 16.8. The van der Waals surface area contributed by atoms with Crippen molar-refractivity contribution in [2.45, 2.75) is 45.6 Å². The van der Waals surface area contributed by atoms with Crippen LogP contribution in [0.4, 0.5) is 4.39 Å². The Labute approximate surface area is 170 Å². The number of carbonyl (C=O) groups excluding carboxylic acids is 2. The molecule has 2 aromatic rings. The maximum Gasteiger partial charge on any atom is 0.295 e. The molecular weight excluding hydrogens is 369 g/mol. The van der Waals surface area contributed by atoms with E-state index in [1.165, 1.54) is 11.0 Å². The largest absolute Gasteiger partial charge is 0.507 e. The summed E-state index contributed by atoms with van der Waals surface area (Å²) in [5.74, 6) is -2.24. The van der Waals surface area contributed by atoms with Gasteiger partial charge in [0, 0.05) is 17.7 Å². The van der Waals surface area contributed by atoms with Gasteiger partial charge >= 0.3 is 0 Å². The number of benzene rings is 2. The summed E-state index contributed by atoms with van der Waals surface area (Å²) in [6.45, 7) is 4.40. The zero-order valence-electron chi connectivity index (χ0n) is 16.8. The van der Waals surface area contributed by atoms with E-state index in [0.29, 0.717) is 18.5 Å². The van der Waals surface area contributed by atoms with Gasteiger partial charge in [0.1, 0.15) is 11.6 Å². The van der Waals surface area contributed by atoms with Crippen molar-refractivity contribution >= 4 is 17.4 Å². The van der Waals surface area contributed by atoms with Gasteiger partial charge in [0.15, 0.2) is 0 Å². The van der Waals surface area contributed by atoms with E-state index in [1.54, 1.807) is 30.3 Å². The molecule has 1 amide bonds. The van der Waals surface area contributed by atoms with Gasteiger partial charge in [-0.05, 0) is 24.5 Å². The number of aliphatic hydroxyl groups is 1. The van der Waals surface area contributed by atoms with Crippen molar-refractivity contribution in [2.24, 2.45) is 0 Å². The lowest BCUT2D eigenvalue weighted by molar-refractivity contribution is -0.139. The molecule has 4 nitrogen and oxygen atoms in total. The van der Waals surface area contributed by atoms with E-state index in [4.69, 9.17) is 0 Å². The molecule has 0 aromatic heterocycles. The van der Waals surface area contributed by atoms with Crippen LogP contribution in [0.5, 0.6) is 0 Å². The lowest BCUT2D eigenvalue weighted by Gasteiger charge is -2.25. The molecule has 2 aromatic carbocycles. The topological polar surface area (TPSA) is 57.6 Å². The van der Waals surface area contributed by atoms with Crippen LogP contribution < -0.4 is 0 Å². The maximum absolute atomic E-state index is 14.6. The Bertz CT molecular complexity index is 933. The molecule has 0 spiro atoms. The van der Waals surface area contributed by atoms with Gasteiger partial charge in [-0.2, -0.15) is 0 Å². The second-order valence-corrected chi connectivity index (χ2v) is 7.27. The van der Waals surface area contributed by atoms with Crippen LogP contribution in [0.25, 0.3) is 5.76 Å². The summed E-state index contributed by atoms with van der Waals surface area (Å²) in [4.78, 5) is 27.0. The molecule has 1 aliphatic heterocycles. The number of hydrogen-bond acceptors (Lipinski definition) is 3. The van der Waals surface area contributed by atoms with Gasteiger partial charge in [-0.25, -0.2) is 4.39 Å². The van der Waals surface area contributed by atoms with Crippen LogP contribution in [0, 0.1) is 5.82 Å². The summed E-state index contributed by atoms with van der Waals surface area (Å²) in [6.07, 6.45) is 3.40. The standard InChI is InChI=1S/C24H26FNO3/c1-3-5-8-15-26-21(18-9-6-7-10-19(18)25)20(23(28)24(26)29)22(27)17-13-11-16(4-2)12-14-17/h6-7,9-14,21,27H,3-5,8,15H2,1-2H3/b22-20-. The third-order valence-electron chi connectivity index (χ3n) is 5.38. The third-order valence-corrected chi connectivity index (χ3v) is 5.38. The molecule has 3 rings (SSSR count). The molecule has 152 valence electrons. The first kappa shape index (κ1) is 20.8.